The number of hydrogen-bond acceptors (Lipinski definition) is 2. The van der Waals surface area contributed by atoms with E-state index in [4.69, 9.17) is 2.74 Å². The Kier molecular flexibility index (Phi) is 10.6. The quantitative estimate of drug-likeness (QED) is 0.128. The molecule has 0 bridgehead atoms. The van der Waals surface area contributed by atoms with Crippen molar-refractivity contribution in [3.63, 3.8) is 0 Å². The van der Waals surface area contributed by atoms with Crippen molar-refractivity contribution in [2.75, 3.05) is 0 Å². The molecule has 7 rings (SSSR count). The molecule has 3 heteroatoms. The number of fused-ring (bicyclic) bond motifs is 3. The fourth-order valence-corrected chi connectivity index (χ4v) is 6.10. The van der Waals surface area contributed by atoms with Gasteiger partial charge in [-0.25, -0.2) is 0 Å². The van der Waals surface area contributed by atoms with E-state index in [0.717, 1.165) is 34.5 Å². The maximum absolute atomic E-state index is 8.60. The van der Waals surface area contributed by atoms with Crippen molar-refractivity contribution in [1.29, 1.82) is 0 Å². The summed E-state index contributed by atoms with van der Waals surface area (Å²) in [5, 5.41) is 4.94. The topological polar surface area (TPSA) is 25.8 Å². The molecule has 50 heavy (non-hydrogen) atoms. The first-order chi connectivity index (χ1) is 24.2. The molecule has 2 aromatic heterocycles. The van der Waals surface area contributed by atoms with Crippen LogP contribution in [0.3, 0.4) is 0 Å². The molecule has 0 aliphatic heterocycles. The smallest absolute Gasteiger partial charge is 0.0321 e. The molecule has 0 saturated heterocycles. The first kappa shape index (κ1) is 34.0. The Bertz CT molecular complexity index is 2260. The molecule has 5 aromatic carbocycles. The van der Waals surface area contributed by atoms with Crippen molar-refractivity contribution < 1.29 is 22.8 Å². The molecule has 0 atom stereocenters. The normalized spacial score (nSPS) is 12.4. The second kappa shape index (κ2) is 15.6. The predicted molar refractivity (Wildman–Crippen MR) is 209 cm³/mol. The van der Waals surface area contributed by atoms with Gasteiger partial charge in [-0.2, -0.15) is 0 Å². The Hall–Kier alpha value is -4.43. The summed E-state index contributed by atoms with van der Waals surface area (Å²) in [4.78, 5) is 9.03. The van der Waals surface area contributed by atoms with Crippen molar-refractivity contribution in [3.05, 3.63) is 156 Å². The molecule has 0 amide bonds. The van der Waals surface area contributed by atoms with Crippen molar-refractivity contribution >= 4 is 21.5 Å². The van der Waals surface area contributed by atoms with E-state index in [1.54, 1.807) is 12.3 Å². The van der Waals surface area contributed by atoms with Crippen molar-refractivity contribution in [2.24, 2.45) is 10.8 Å². The van der Waals surface area contributed by atoms with E-state index in [1.807, 2.05) is 51.2 Å². The first-order valence-corrected chi connectivity index (χ1v) is 17.0. The Labute approximate surface area is 315 Å². The Morgan fingerprint density at radius 2 is 1.30 bits per heavy atom. The van der Waals surface area contributed by atoms with Crippen LogP contribution in [-0.2, 0) is 32.9 Å². The summed E-state index contributed by atoms with van der Waals surface area (Å²) in [7, 11) is 0. The summed E-state index contributed by atoms with van der Waals surface area (Å²) in [5.74, 6) is 0. The van der Waals surface area contributed by atoms with Crippen LogP contribution < -0.4 is 0 Å². The molecule has 2 nitrogen and oxygen atoms in total. The monoisotopic (exact) mass is 833 g/mol. The van der Waals surface area contributed by atoms with Crippen LogP contribution in [0.15, 0.2) is 128 Å². The molecule has 1 radical (unpaired) electrons. The van der Waals surface area contributed by atoms with Gasteiger partial charge < -0.3 is 9.97 Å². The van der Waals surface area contributed by atoms with Gasteiger partial charge in [-0.15, -0.1) is 65.2 Å². The van der Waals surface area contributed by atoms with Crippen LogP contribution in [0, 0.1) is 29.9 Å². The molecule has 0 fully saturated rings. The van der Waals surface area contributed by atoms with Crippen LogP contribution in [0.25, 0.3) is 55.2 Å². The summed E-state index contributed by atoms with van der Waals surface area (Å²) < 4.78 is 17.2. The number of nitrogens with zero attached hydrogens (tertiary/aromatic N) is 2. The van der Waals surface area contributed by atoms with E-state index in [0.29, 0.717) is 11.0 Å². The average molecular weight is 833 g/mol. The molecule has 0 N–H and O–H groups in total. The summed E-state index contributed by atoms with van der Waals surface area (Å²) in [6.45, 7) is 14.6. The van der Waals surface area contributed by atoms with E-state index in [2.05, 4.69) is 135 Å². The minimum absolute atomic E-state index is 0. The zero-order valence-electron chi connectivity index (χ0n) is 32.1. The van der Waals surface area contributed by atoms with Crippen LogP contribution in [0.5, 0.6) is 0 Å². The number of aryl methyl sites for hydroxylation is 1. The maximum atomic E-state index is 8.60. The third-order valence-corrected chi connectivity index (χ3v) is 8.25. The fourth-order valence-electron chi connectivity index (χ4n) is 6.10. The van der Waals surface area contributed by atoms with Crippen LogP contribution in [0.2, 0.25) is 0 Å². The van der Waals surface area contributed by atoms with Gasteiger partial charge >= 0.3 is 0 Å². The second-order valence-corrected chi connectivity index (χ2v) is 15.1. The first-order valence-electron chi connectivity index (χ1n) is 18.0. The van der Waals surface area contributed by atoms with Crippen molar-refractivity contribution in [1.82, 2.24) is 9.97 Å². The van der Waals surface area contributed by atoms with E-state index >= 15 is 0 Å². The minimum atomic E-state index is -1.46. The van der Waals surface area contributed by atoms with Gasteiger partial charge in [0.1, 0.15) is 0 Å². The number of aromatic nitrogens is 2. The van der Waals surface area contributed by atoms with E-state index in [1.165, 1.54) is 38.2 Å². The van der Waals surface area contributed by atoms with Gasteiger partial charge in [0.15, 0.2) is 0 Å². The average Bonchev–Trinajstić information content (AvgIpc) is 3.11. The van der Waals surface area contributed by atoms with Gasteiger partial charge in [0.2, 0.25) is 0 Å². The standard InChI is InChI=1S/C30H26N.C17H20N.Ir/c1-30(2,3)20-21-16-17-31-29(18-21)23-14-12-22(13-15-23)28-19-24-8-4-5-9-25(24)26-10-6-7-11-27(26)28;1-13-5-8-15(9-6-13)16-10-7-14(12-18-16)11-17(2,3)4;/h4-14,16-19H,20H2,1-3H3;5-8,10,12H,11H2,1-4H3;/q2*-1;/i20D2;;. The van der Waals surface area contributed by atoms with Crippen LogP contribution in [0.4, 0.5) is 0 Å². The van der Waals surface area contributed by atoms with Gasteiger partial charge in [-0.1, -0.05) is 138 Å². The molecule has 2 heterocycles. The van der Waals surface area contributed by atoms with E-state index in [9.17, 15) is 0 Å². The minimum Gasteiger partial charge on any atom is -0.305 e. The zero-order chi connectivity index (χ0) is 36.4. The Balaban J connectivity index is 0.000000234. The molecule has 0 unspecified atom stereocenters. The van der Waals surface area contributed by atoms with Crippen LogP contribution in [0.1, 0.15) is 61.0 Å². The molecular weight excluding hydrogens is 785 g/mol. The summed E-state index contributed by atoms with van der Waals surface area (Å²) >= 11 is 0. The van der Waals surface area contributed by atoms with E-state index < -0.39 is 11.8 Å². The van der Waals surface area contributed by atoms with Gasteiger partial charge in [0, 0.05) is 35.2 Å². The third-order valence-electron chi connectivity index (χ3n) is 8.25. The van der Waals surface area contributed by atoms with Gasteiger partial charge in [0.05, 0.1) is 0 Å². The molecule has 0 saturated carbocycles. The number of pyridine rings is 2. The zero-order valence-corrected chi connectivity index (χ0v) is 32.5. The summed E-state index contributed by atoms with van der Waals surface area (Å²) in [5.41, 5.74) is 8.86. The SMILES string of the molecule is Cc1c[c-]c(-c2ccc(CC(C)(C)C)cn2)cc1.[2H]C([2H])(c1ccnc(-c2[c-]cc(-c3cc4ccccc4c4ccccc34)cc2)c1)C(C)(C)C.[Ir]. The number of rotatable bonds is 5. The van der Waals surface area contributed by atoms with Gasteiger partial charge in [0.25, 0.3) is 0 Å². The number of benzene rings is 5. The largest absolute Gasteiger partial charge is 0.305 e. The molecule has 0 aliphatic rings. The summed E-state index contributed by atoms with van der Waals surface area (Å²) in [6.07, 6.45) is 3.26. The predicted octanol–water partition coefficient (Wildman–Crippen LogP) is 12.6. The fraction of sp³-hybridized carbons (Fsp3) is 0.234. The van der Waals surface area contributed by atoms with Crippen LogP contribution >= 0.6 is 0 Å². The maximum Gasteiger partial charge on any atom is 0.0321 e. The van der Waals surface area contributed by atoms with Crippen LogP contribution in [-0.4, -0.2) is 9.97 Å². The molecule has 0 aliphatic carbocycles. The van der Waals surface area contributed by atoms with Gasteiger partial charge in [-0.05, 0) is 68.2 Å². The molecule has 7 aromatic rings. The third kappa shape index (κ3) is 9.42. The van der Waals surface area contributed by atoms with E-state index in [-0.39, 0.29) is 20.1 Å². The number of hydrogen-bond donors (Lipinski definition) is 0. The van der Waals surface area contributed by atoms with Gasteiger partial charge in [-0.3, -0.25) is 0 Å². The van der Waals surface area contributed by atoms with Crippen molar-refractivity contribution in [2.45, 2.75) is 61.3 Å². The second-order valence-electron chi connectivity index (χ2n) is 15.1. The Morgan fingerprint density at radius 3 is 1.94 bits per heavy atom. The molecule has 255 valence electrons. The molecular formula is C47H46IrN2-2. The van der Waals surface area contributed by atoms with Crippen molar-refractivity contribution in [3.8, 4) is 33.6 Å². The summed E-state index contributed by atoms with van der Waals surface area (Å²) in [6, 6.07) is 46.1. The Morgan fingerprint density at radius 1 is 0.620 bits per heavy atom. The molecule has 0 spiro atoms.